The summed E-state index contributed by atoms with van der Waals surface area (Å²) in [6, 6.07) is 16.1. The third kappa shape index (κ3) is 2.87. The van der Waals surface area contributed by atoms with Crippen molar-refractivity contribution in [2.24, 2.45) is 0 Å². The molecule has 0 aliphatic rings. The topological polar surface area (TPSA) is 34.9 Å². The van der Waals surface area contributed by atoms with E-state index in [1.54, 1.807) is 10.6 Å². The van der Waals surface area contributed by atoms with Gasteiger partial charge in [0.1, 0.15) is 16.5 Å². The van der Waals surface area contributed by atoms with Gasteiger partial charge in [-0.15, -0.1) is 11.3 Å². The minimum Gasteiger partial charge on any atom is -0.292 e. The predicted molar refractivity (Wildman–Crippen MR) is 99.6 cm³/mol. The molecule has 124 valence electrons. The van der Waals surface area contributed by atoms with E-state index in [1.165, 1.54) is 23.5 Å². The van der Waals surface area contributed by atoms with Crippen LogP contribution in [0.15, 0.2) is 64.8 Å². The summed E-state index contributed by atoms with van der Waals surface area (Å²) in [5.74, 6) is 0.320. The van der Waals surface area contributed by atoms with E-state index in [0.29, 0.717) is 17.8 Å². The molecule has 0 aliphatic heterocycles. The fraction of sp³-hybridized carbons (Fsp3) is 0.100. The number of thiophene rings is 1. The molecule has 2 heterocycles. The molecule has 0 spiro atoms. The van der Waals surface area contributed by atoms with Crippen LogP contribution in [0.2, 0.25) is 0 Å². The normalized spacial score (nSPS) is 11.1. The van der Waals surface area contributed by atoms with Crippen LogP contribution >= 0.6 is 11.3 Å². The molecule has 0 amide bonds. The van der Waals surface area contributed by atoms with Gasteiger partial charge in [-0.25, -0.2) is 9.37 Å². The number of rotatable bonds is 3. The maximum absolute atomic E-state index is 13.5. The molecular formula is C20H15FN2OS. The molecule has 4 rings (SSSR count). The van der Waals surface area contributed by atoms with Crippen molar-refractivity contribution in [3.63, 3.8) is 0 Å². The Morgan fingerprint density at radius 2 is 1.92 bits per heavy atom. The Bertz CT molecular complexity index is 1120. The number of halogens is 1. The van der Waals surface area contributed by atoms with Gasteiger partial charge in [-0.3, -0.25) is 9.36 Å². The summed E-state index contributed by atoms with van der Waals surface area (Å²) in [5.41, 5.74) is 2.54. The summed E-state index contributed by atoms with van der Waals surface area (Å²) >= 11 is 1.47. The number of hydrogen-bond acceptors (Lipinski definition) is 3. The van der Waals surface area contributed by atoms with Crippen LogP contribution in [0.25, 0.3) is 21.3 Å². The van der Waals surface area contributed by atoms with Gasteiger partial charge >= 0.3 is 0 Å². The molecule has 0 saturated carbocycles. The molecule has 0 saturated heterocycles. The molecule has 2 aromatic heterocycles. The van der Waals surface area contributed by atoms with E-state index in [2.05, 4.69) is 4.98 Å². The van der Waals surface area contributed by atoms with E-state index in [4.69, 9.17) is 0 Å². The van der Waals surface area contributed by atoms with Crippen LogP contribution in [0.1, 0.15) is 11.4 Å². The second-order valence-corrected chi connectivity index (χ2v) is 6.73. The standard InChI is InChI=1S/C20H15FN2OS/c1-13-22-19-18(17(12-25-19)15-7-3-2-4-8-15)20(24)23(13)11-14-6-5-9-16(21)10-14/h2-10,12H,11H2,1H3. The van der Waals surface area contributed by atoms with Crippen LogP contribution in [0.5, 0.6) is 0 Å². The average molecular weight is 350 g/mol. The van der Waals surface area contributed by atoms with Gasteiger partial charge in [0.05, 0.1) is 11.9 Å². The first kappa shape index (κ1) is 15.7. The van der Waals surface area contributed by atoms with Gasteiger partial charge in [0, 0.05) is 10.9 Å². The zero-order valence-corrected chi connectivity index (χ0v) is 14.4. The van der Waals surface area contributed by atoms with Gasteiger partial charge in [0.25, 0.3) is 5.56 Å². The van der Waals surface area contributed by atoms with E-state index >= 15 is 0 Å². The summed E-state index contributed by atoms with van der Waals surface area (Å²) in [4.78, 5) is 18.5. The zero-order chi connectivity index (χ0) is 17.4. The highest BCUT2D eigenvalue weighted by atomic mass is 32.1. The Balaban J connectivity index is 1.90. The zero-order valence-electron chi connectivity index (χ0n) is 13.6. The number of fused-ring (bicyclic) bond motifs is 1. The highest BCUT2D eigenvalue weighted by molar-refractivity contribution is 7.17. The SMILES string of the molecule is Cc1nc2scc(-c3ccccc3)c2c(=O)n1Cc1cccc(F)c1. The highest BCUT2D eigenvalue weighted by Crippen LogP contribution is 2.30. The Hall–Kier alpha value is -2.79. The second-order valence-electron chi connectivity index (χ2n) is 5.88. The first-order valence-corrected chi connectivity index (χ1v) is 8.80. The predicted octanol–water partition coefficient (Wildman–Crippen LogP) is 4.62. The van der Waals surface area contributed by atoms with Crippen LogP contribution in [-0.2, 0) is 6.54 Å². The smallest absolute Gasteiger partial charge is 0.263 e. The Kier molecular flexibility index (Phi) is 3.93. The maximum Gasteiger partial charge on any atom is 0.263 e. The molecular weight excluding hydrogens is 335 g/mol. The van der Waals surface area contributed by atoms with Crippen LogP contribution in [0, 0.1) is 12.7 Å². The van der Waals surface area contributed by atoms with Crippen molar-refractivity contribution in [3.05, 3.63) is 87.5 Å². The summed E-state index contributed by atoms with van der Waals surface area (Å²) in [7, 11) is 0. The van der Waals surface area contributed by atoms with E-state index in [1.807, 2.05) is 48.7 Å². The molecule has 0 atom stereocenters. The molecule has 0 aliphatic carbocycles. The molecule has 0 N–H and O–H groups in total. The monoisotopic (exact) mass is 350 g/mol. The molecule has 25 heavy (non-hydrogen) atoms. The number of aryl methyl sites for hydroxylation is 1. The van der Waals surface area contributed by atoms with Crippen molar-refractivity contribution in [1.29, 1.82) is 0 Å². The van der Waals surface area contributed by atoms with Gasteiger partial charge in [0.15, 0.2) is 0 Å². The molecule has 0 radical (unpaired) electrons. The molecule has 5 heteroatoms. The van der Waals surface area contributed by atoms with Crippen molar-refractivity contribution < 1.29 is 4.39 Å². The molecule has 3 nitrogen and oxygen atoms in total. The van der Waals surface area contributed by atoms with Gasteiger partial charge in [0.2, 0.25) is 0 Å². The van der Waals surface area contributed by atoms with Crippen molar-refractivity contribution in [3.8, 4) is 11.1 Å². The third-order valence-electron chi connectivity index (χ3n) is 4.20. The third-order valence-corrected chi connectivity index (χ3v) is 5.07. The lowest BCUT2D eigenvalue weighted by atomic mass is 10.1. The Labute approximate surface area is 148 Å². The fourth-order valence-electron chi connectivity index (χ4n) is 2.96. The van der Waals surface area contributed by atoms with Crippen molar-refractivity contribution in [1.82, 2.24) is 9.55 Å². The summed E-state index contributed by atoms with van der Waals surface area (Å²) in [5, 5.41) is 2.60. The molecule has 0 fully saturated rings. The van der Waals surface area contributed by atoms with Gasteiger partial charge in [-0.05, 0) is 30.2 Å². The minimum absolute atomic E-state index is 0.0909. The van der Waals surface area contributed by atoms with Crippen molar-refractivity contribution in [2.45, 2.75) is 13.5 Å². The number of hydrogen-bond donors (Lipinski definition) is 0. The quantitative estimate of drug-likeness (QED) is 0.540. The van der Waals surface area contributed by atoms with Gasteiger partial charge < -0.3 is 0 Å². The summed E-state index contributed by atoms with van der Waals surface area (Å²) < 4.78 is 15.1. The molecule has 4 aromatic rings. The minimum atomic E-state index is -0.308. The maximum atomic E-state index is 13.5. The van der Waals surface area contributed by atoms with Crippen LogP contribution in [-0.4, -0.2) is 9.55 Å². The Morgan fingerprint density at radius 1 is 1.12 bits per heavy atom. The van der Waals surface area contributed by atoms with Gasteiger partial charge in [-0.2, -0.15) is 0 Å². The van der Waals surface area contributed by atoms with Crippen LogP contribution in [0.4, 0.5) is 4.39 Å². The first-order chi connectivity index (χ1) is 12.1. The molecule has 0 bridgehead atoms. The number of benzene rings is 2. The van der Waals surface area contributed by atoms with E-state index in [0.717, 1.165) is 21.5 Å². The Morgan fingerprint density at radius 3 is 2.68 bits per heavy atom. The van der Waals surface area contributed by atoms with E-state index in [9.17, 15) is 9.18 Å². The lowest BCUT2D eigenvalue weighted by Crippen LogP contribution is -2.24. The fourth-order valence-corrected chi connectivity index (χ4v) is 3.94. The highest BCUT2D eigenvalue weighted by Gasteiger charge is 2.15. The lowest BCUT2D eigenvalue weighted by molar-refractivity contribution is 0.621. The molecule has 2 aromatic carbocycles. The van der Waals surface area contributed by atoms with Crippen LogP contribution < -0.4 is 5.56 Å². The lowest BCUT2D eigenvalue weighted by Gasteiger charge is -2.10. The van der Waals surface area contributed by atoms with Gasteiger partial charge in [-0.1, -0.05) is 42.5 Å². The number of nitrogens with zero attached hydrogens (tertiary/aromatic N) is 2. The number of aromatic nitrogens is 2. The first-order valence-electron chi connectivity index (χ1n) is 7.92. The second kappa shape index (κ2) is 6.26. The largest absolute Gasteiger partial charge is 0.292 e. The molecule has 0 unspecified atom stereocenters. The van der Waals surface area contributed by atoms with E-state index < -0.39 is 0 Å². The van der Waals surface area contributed by atoms with E-state index in [-0.39, 0.29) is 11.4 Å². The average Bonchev–Trinajstić information content (AvgIpc) is 3.03. The van der Waals surface area contributed by atoms with Crippen molar-refractivity contribution >= 4 is 21.6 Å². The van der Waals surface area contributed by atoms with Crippen molar-refractivity contribution in [2.75, 3.05) is 0 Å². The van der Waals surface area contributed by atoms with Crippen LogP contribution in [0.3, 0.4) is 0 Å². The summed E-state index contributed by atoms with van der Waals surface area (Å²) in [6.07, 6.45) is 0. The summed E-state index contributed by atoms with van der Waals surface area (Å²) in [6.45, 7) is 2.11.